The van der Waals surface area contributed by atoms with Crippen LogP contribution in [0, 0.1) is 12.3 Å². The number of allylic oxidation sites excluding steroid dienone is 1. The molecule has 3 aromatic rings. The van der Waals surface area contributed by atoms with Gasteiger partial charge >= 0.3 is 0 Å². The Hall–Kier alpha value is -4.32. The standard InChI is InChI=1S/C29H39N11O/c1-17-8-9-18(27(41)36-22(32-5)14-21(30)29(2,3)4)13-20(17)35-26-24-23(33-16-34-26)25(31)38-28(37-24)40-12-11-39-10-6-7-19(39)15-40/h8-9,13-14,16,19H,6-7,10-12,15,30H2,1-5H3,(H2,31,37,38)(H,32,36,41)(H,33,34,35). The Labute approximate surface area is 240 Å². The van der Waals surface area contributed by atoms with Crippen molar-refractivity contribution in [3.8, 4) is 0 Å². The van der Waals surface area contributed by atoms with Crippen LogP contribution in [0.4, 0.5) is 23.3 Å². The largest absolute Gasteiger partial charge is 0.401 e. The predicted molar refractivity (Wildman–Crippen MR) is 163 cm³/mol. The number of benzene rings is 1. The number of carbonyl (C=O) groups is 1. The highest BCUT2D eigenvalue weighted by Gasteiger charge is 2.32. The van der Waals surface area contributed by atoms with E-state index in [1.54, 1.807) is 25.3 Å². The summed E-state index contributed by atoms with van der Waals surface area (Å²) in [6, 6.07) is 5.93. The number of nitrogens with one attached hydrogen (secondary N) is 2. The third-order valence-corrected chi connectivity index (χ3v) is 7.76. The smallest absolute Gasteiger partial charge is 0.256 e. The molecule has 0 bridgehead atoms. The SMILES string of the molecule is CN=C(C=C(N)C(C)(C)C)NC(=O)c1ccc(C)c(Nc2ncnc3c(N)nc(N4CCN5CCCC5C4)nc23)c1. The fraction of sp³-hybridized carbons (Fsp3) is 0.448. The van der Waals surface area contributed by atoms with Crippen molar-refractivity contribution in [2.75, 3.05) is 49.2 Å². The molecule has 6 N–H and O–H groups in total. The number of carbonyl (C=O) groups excluding carboxylic acids is 1. The summed E-state index contributed by atoms with van der Waals surface area (Å²) in [4.78, 5) is 40.4. The van der Waals surface area contributed by atoms with Gasteiger partial charge in [-0.2, -0.15) is 4.98 Å². The number of fused-ring (bicyclic) bond motifs is 2. The zero-order chi connectivity index (χ0) is 29.3. The van der Waals surface area contributed by atoms with E-state index in [4.69, 9.17) is 16.5 Å². The van der Waals surface area contributed by atoms with Crippen LogP contribution in [0.15, 0.2) is 41.3 Å². The molecule has 41 heavy (non-hydrogen) atoms. The van der Waals surface area contributed by atoms with Gasteiger partial charge in [0.2, 0.25) is 5.95 Å². The van der Waals surface area contributed by atoms with Gasteiger partial charge in [-0.25, -0.2) is 15.0 Å². The second kappa shape index (κ2) is 11.3. The number of anilines is 4. The molecule has 0 aliphatic carbocycles. The molecule has 5 rings (SSSR count). The van der Waals surface area contributed by atoms with E-state index in [2.05, 4.69) is 40.4 Å². The number of amidine groups is 1. The number of rotatable bonds is 5. The molecule has 2 aromatic heterocycles. The Kier molecular flexibility index (Phi) is 7.76. The first kappa shape index (κ1) is 28.2. The summed E-state index contributed by atoms with van der Waals surface area (Å²) >= 11 is 0. The fourth-order valence-corrected chi connectivity index (χ4v) is 5.10. The van der Waals surface area contributed by atoms with Gasteiger partial charge in [-0.1, -0.05) is 26.8 Å². The van der Waals surface area contributed by atoms with E-state index < -0.39 is 0 Å². The monoisotopic (exact) mass is 557 g/mol. The summed E-state index contributed by atoms with van der Waals surface area (Å²) in [5.74, 6) is 1.46. The van der Waals surface area contributed by atoms with Crippen LogP contribution in [0.5, 0.6) is 0 Å². The summed E-state index contributed by atoms with van der Waals surface area (Å²) in [5, 5.41) is 6.21. The molecule has 0 radical (unpaired) electrons. The average Bonchev–Trinajstić information content (AvgIpc) is 3.41. The Morgan fingerprint density at radius 2 is 1.95 bits per heavy atom. The number of aryl methyl sites for hydroxylation is 1. The minimum Gasteiger partial charge on any atom is -0.401 e. The first-order valence-corrected chi connectivity index (χ1v) is 13.9. The quantitative estimate of drug-likeness (QED) is 0.271. The van der Waals surface area contributed by atoms with Crippen molar-refractivity contribution < 1.29 is 4.79 Å². The molecule has 2 saturated heterocycles. The third-order valence-electron chi connectivity index (χ3n) is 7.76. The highest BCUT2D eigenvalue weighted by molar-refractivity contribution is 6.10. The maximum Gasteiger partial charge on any atom is 0.256 e. The van der Waals surface area contributed by atoms with Crippen LogP contribution in [0.3, 0.4) is 0 Å². The molecular weight excluding hydrogens is 518 g/mol. The van der Waals surface area contributed by atoms with Gasteiger partial charge in [0.25, 0.3) is 5.91 Å². The summed E-state index contributed by atoms with van der Waals surface area (Å²) in [6.45, 7) is 11.8. The number of nitrogen functional groups attached to an aromatic ring is 1. The van der Waals surface area contributed by atoms with E-state index in [1.807, 2.05) is 33.8 Å². The Morgan fingerprint density at radius 3 is 2.71 bits per heavy atom. The van der Waals surface area contributed by atoms with Gasteiger partial charge < -0.3 is 27.0 Å². The zero-order valence-corrected chi connectivity index (χ0v) is 24.4. The van der Waals surface area contributed by atoms with Crippen LogP contribution in [0.2, 0.25) is 0 Å². The van der Waals surface area contributed by atoms with E-state index in [0.717, 1.165) is 31.7 Å². The van der Waals surface area contributed by atoms with Crippen molar-refractivity contribution in [1.29, 1.82) is 0 Å². The van der Waals surface area contributed by atoms with Gasteiger partial charge in [0.1, 0.15) is 23.2 Å². The molecule has 1 atom stereocenters. The van der Waals surface area contributed by atoms with Crippen molar-refractivity contribution in [1.82, 2.24) is 30.2 Å². The molecule has 2 fully saturated rings. The van der Waals surface area contributed by atoms with Crippen LogP contribution in [-0.4, -0.2) is 75.8 Å². The molecule has 1 amide bonds. The van der Waals surface area contributed by atoms with E-state index in [-0.39, 0.29) is 11.3 Å². The van der Waals surface area contributed by atoms with E-state index in [1.165, 1.54) is 19.2 Å². The van der Waals surface area contributed by atoms with Crippen LogP contribution >= 0.6 is 0 Å². The molecule has 12 nitrogen and oxygen atoms in total. The first-order chi connectivity index (χ1) is 19.5. The maximum absolute atomic E-state index is 13.2. The number of hydrogen-bond donors (Lipinski definition) is 4. The molecule has 4 heterocycles. The normalized spacial score (nSPS) is 18.5. The average molecular weight is 558 g/mol. The number of nitrogens with zero attached hydrogens (tertiary/aromatic N) is 7. The van der Waals surface area contributed by atoms with E-state index in [9.17, 15) is 4.79 Å². The van der Waals surface area contributed by atoms with Gasteiger partial charge in [0.05, 0.1) is 0 Å². The summed E-state index contributed by atoms with van der Waals surface area (Å²) in [6.07, 6.45) is 5.53. The minimum absolute atomic E-state index is 0.250. The lowest BCUT2D eigenvalue weighted by Crippen LogP contribution is -2.50. The lowest BCUT2D eigenvalue weighted by molar-refractivity contribution is 0.0977. The molecule has 1 aromatic carbocycles. The third kappa shape index (κ3) is 6.07. The number of nitrogens with two attached hydrogens (primary N) is 2. The molecule has 2 aliphatic heterocycles. The molecule has 2 aliphatic rings. The number of hydrogen-bond acceptors (Lipinski definition) is 11. The molecule has 0 saturated carbocycles. The molecule has 0 spiro atoms. The van der Waals surface area contributed by atoms with E-state index >= 15 is 0 Å². The fourth-order valence-electron chi connectivity index (χ4n) is 5.10. The Bertz CT molecular complexity index is 1530. The molecular formula is C29H39N11O. The van der Waals surface area contributed by atoms with Crippen LogP contribution < -0.4 is 27.0 Å². The number of aromatic nitrogens is 4. The van der Waals surface area contributed by atoms with Gasteiger partial charge in [-0.3, -0.25) is 14.7 Å². The summed E-state index contributed by atoms with van der Waals surface area (Å²) in [5.41, 5.74) is 16.0. The van der Waals surface area contributed by atoms with Crippen LogP contribution in [0.25, 0.3) is 11.0 Å². The highest BCUT2D eigenvalue weighted by Crippen LogP contribution is 2.30. The zero-order valence-electron chi connectivity index (χ0n) is 24.4. The van der Waals surface area contributed by atoms with Gasteiger partial charge in [0.15, 0.2) is 11.6 Å². The predicted octanol–water partition coefficient (Wildman–Crippen LogP) is 2.99. The summed E-state index contributed by atoms with van der Waals surface area (Å²) in [7, 11) is 1.61. The van der Waals surface area contributed by atoms with Crippen LogP contribution in [0.1, 0.15) is 49.5 Å². The molecule has 216 valence electrons. The molecule has 12 heteroatoms. The van der Waals surface area contributed by atoms with Crippen molar-refractivity contribution >= 4 is 46.0 Å². The van der Waals surface area contributed by atoms with Crippen molar-refractivity contribution in [3.63, 3.8) is 0 Å². The van der Waals surface area contributed by atoms with E-state index in [0.29, 0.717) is 57.4 Å². The Morgan fingerprint density at radius 1 is 1.15 bits per heavy atom. The van der Waals surface area contributed by atoms with Crippen molar-refractivity contribution in [3.05, 3.63) is 47.4 Å². The number of piperazine rings is 1. The first-order valence-electron chi connectivity index (χ1n) is 13.9. The van der Waals surface area contributed by atoms with Crippen LogP contribution in [-0.2, 0) is 0 Å². The minimum atomic E-state index is -0.306. The van der Waals surface area contributed by atoms with Gasteiger partial charge in [0, 0.05) is 55.1 Å². The van der Waals surface area contributed by atoms with Crippen molar-refractivity contribution in [2.45, 2.75) is 46.6 Å². The van der Waals surface area contributed by atoms with Gasteiger partial charge in [-0.05, 0) is 50.1 Å². The van der Waals surface area contributed by atoms with Crippen molar-refractivity contribution in [2.24, 2.45) is 16.1 Å². The number of amides is 1. The maximum atomic E-state index is 13.2. The topological polar surface area (TPSA) is 164 Å². The van der Waals surface area contributed by atoms with Gasteiger partial charge in [-0.15, -0.1) is 0 Å². The second-order valence-electron chi connectivity index (χ2n) is 11.7. The highest BCUT2D eigenvalue weighted by atomic mass is 16.1. The second-order valence-corrected chi connectivity index (χ2v) is 11.7. The summed E-state index contributed by atoms with van der Waals surface area (Å²) < 4.78 is 0. The lowest BCUT2D eigenvalue weighted by atomic mass is 9.92. The lowest BCUT2D eigenvalue weighted by Gasteiger charge is -2.37. The molecule has 1 unspecified atom stereocenters. The number of aliphatic imine (C=N–C) groups is 1. The Balaban J connectivity index is 1.41.